The van der Waals surface area contributed by atoms with Gasteiger partial charge in [-0.15, -0.1) is 5.10 Å². The van der Waals surface area contributed by atoms with Gasteiger partial charge in [0.05, 0.1) is 0 Å². The Kier molecular flexibility index (Phi) is 3.39. The van der Waals surface area contributed by atoms with Crippen molar-refractivity contribution in [1.29, 1.82) is 0 Å². The fourth-order valence-corrected chi connectivity index (χ4v) is 1.98. The molecule has 0 saturated carbocycles. The van der Waals surface area contributed by atoms with Crippen LogP contribution in [0.1, 0.15) is 26.7 Å². The Bertz CT molecular complexity index is 188. The number of nitrogens with zero attached hydrogens (tertiary/aromatic N) is 2. The lowest BCUT2D eigenvalue weighted by Crippen LogP contribution is -2.36. The van der Waals surface area contributed by atoms with E-state index in [1.54, 1.807) is 0 Å². The Labute approximate surface area is 80.0 Å². The molecule has 4 nitrogen and oxygen atoms in total. The molecule has 1 aliphatic heterocycles. The van der Waals surface area contributed by atoms with E-state index in [4.69, 9.17) is 11.6 Å². The van der Waals surface area contributed by atoms with Gasteiger partial charge in [0, 0.05) is 13.1 Å². The fraction of sp³-hybridized carbons (Fsp3) is 0.889. The van der Waals surface area contributed by atoms with Crippen LogP contribution in [0.3, 0.4) is 0 Å². The van der Waals surface area contributed by atoms with Gasteiger partial charge in [0.2, 0.25) is 5.96 Å². The van der Waals surface area contributed by atoms with Crippen molar-refractivity contribution in [3.8, 4) is 0 Å². The molecule has 1 heterocycles. The van der Waals surface area contributed by atoms with E-state index in [1.807, 2.05) is 0 Å². The second-order valence-electron chi connectivity index (χ2n) is 4.22. The molecule has 0 bridgehead atoms. The van der Waals surface area contributed by atoms with Gasteiger partial charge in [0.25, 0.3) is 0 Å². The van der Waals surface area contributed by atoms with E-state index in [0.29, 0.717) is 5.96 Å². The van der Waals surface area contributed by atoms with Crippen LogP contribution in [0.5, 0.6) is 0 Å². The minimum atomic E-state index is 0.478. The van der Waals surface area contributed by atoms with E-state index in [1.165, 1.54) is 12.8 Å². The molecule has 13 heavy (non-hydrogen) atoms. The van der Waals surface area contributed by atoms with E-state index < -0.39 is 0 Å². The molecule has 0 amide bonds. The van der Waals surface area contributed by atoms with Gasteiger partial charge < -0.3 is 16.5 Å². The number of hydrazone groups is 1. The predicted octanol–water partition coefficient (Wildman–Crippen LogP) is 0.543. The van der Waals surface area contributed by atoms with Crippen LogP contribution in [0.15, 0.2) is 5.10 Å². The van der Waals surface area contributed by atoms with Crippen LogP contribution in [0.2, 0.25) is 0 Å². The van der Waals surface area contributed by atoms with Crippen LogP contribution in [0.25, 0.3) is 0 Å². The number of nitrogens with two attached hydrogens (primary N) is 2. The second-order valence-corrected chi connectivity index (χ2v) is 4.22. The average Bonchev–Trinajstić information content (AvgIpc) is 2.50. The van der Waals surface area contributed by atoms with Crippen molar-refractivity contribution in [1.82, 2.24) is 4.90 Å². The third-order valence-electron chi connectivity index (χ3n) is 2.55. The highest BCUT2D eigenvalue weighted by Crippen LogP contribution is 2.22. The van der Waals surface area contributed by atoms with Crippen molar-refractivity contribution < 1.29 is 0 Å². The van der Waals surface area contributed by atoms with Gasteiger partial charge in [-0.05, 0) is 24.7 Å². The Balaban J connectivity index is 2.36. The summed E-state index contributed by atoms with van der Waals surface area (Å²) in [5, 5.41) is 3.50. The number of guanidine groups is 1. The van der Waals surface area contributed by atoms with Crippen molar-refractivity contribution in [2.45, 2.75) is 26.7 Å². The minimum absolute atomic E-state index is 0.478. The van der Waals surface area contributed by atoms with Gasteiger partial charge in [-0.3, -0.25) is 0 Å². The molecule has 0 aromatic rings. The smallest absolute Gasteiger partial charge is 0.213 e. The van der Waals surface area contributed by atoms with Crippen molar-refractivity contribution >= 4 is 5.96 Å². The topological polar surface area (TPSA) is 67.6 Å². The largest absolute Gasteiger partial charge is 0.368 e. The Morgan fingerprint density at radius 2 is 2.31 bits per heavy atom. The summed E-state index contributed by atoms with van der Waals surface area (Å²) in [4.78, 5) is 2.06. The van der Waals surface area contributed by atoms with Crippen molar-refractivity contribution in [2.75, 3.05) is 13.1 Å². The highest BCUT2D eigenvalue weighted by Gasteiger charge is 2.23. The van der Waals surface area contributed by atoms with Crippen LogP contribution in [0, 0.1) is 11.8 Å². The molecule has 0 aliphatic carbocycles. The first-order valence-corrected chi connectivity index (χ1v) is 4.91. The van der Waals surface area contributed by atoms with Crippen LogP contribution < -0.4 is 11.6 Å². The van der Waals surface area contributed by atoms with Crippen LogP contribution in [0.4, 0.5) is 0 Å². The zero-order valence-corrected chi connectivity index (χ0v) is 8.53. The van der Waals surface area contributed by atoms with Gasteiger partial charge in [0.15, 0.2) is 0 Å². The summed E-state index contributed by atoms with van der Waals surface area (Å²) >= 11 is 0. The maximum Gasteiger partial charge on any atom is 0.213 e. The quantitative estimate of drug-likeness (QED) is 0.285. The number of rotatable bonds is 2. The third-order valence-corrected chi connectivity index (χ3v) is 2.55. The maximum atomic E-state index is 5.62. The van der Waals surface area contributed by atoms with Crippen molar-refractivity contribution in [3.05, 3.63) is 0 Å². The predicted molar refractivity (Wildman–Crippen MR) is 54.9 cm³/mol. The van der Waals surface area contributed by atoms with Crippen molar-refractivity contribution in [3.63, 3.8) is 0 Å². The molecule has 1 saturated heterocycles. The molecule has 76 valence electrons. The lowest BCUT2D eigenvalue weighted by molar-refractivity contribution is 0.407. The van der Waals surface area contributed by atoms with Crippen LogP contribution in [-0.2, 0) is 0 Å². The molecular weight excluding hydrogens is 164 g/mol. The van der Waals surface area contributed by atoms with E-state index >= 15 is 0 Å². The number of hydrogen-bond donors (Lipinski definition) is 2. The molecule has 4 heteroatoms. The number of likely N-dealkylation sites (tertiary alicyclic amines) is 1. The second kappa shape index (κ2) is 4.35. The lowest BCUT2D eigenvalue weighted by Gasteiger charge is -2.17. The van der Waals surface area contributed by atoms with E-state index in [2.05, 4.69) is 23.8 Å². The zero-order chi connectivity index (χ0) is 9.84. The molecule has 1 unspecified atom stereocenters. The van der Waals surface area contributed by atoms with Gasteiger partial charge >= 0.3 is 0 Å². The summed E-state index contributed by atoms with van der Waals surface area (Å²) < 4.78 is 0. The zero-order valence-electron chi connectivity index (χ0n) is 8.53. The first kappa shape index (κ1) is 10.2. The minimum Gasteiger partial charge on any atom is -0.368 e. The van der Waals surface area contributed by atoms with E-state index in [-0.39, 0.29) is 0 Å². The Hall–Kier alpha value is -0.930. The van der Waals surface area contributed by atoms with Gasteiger partial charge in [-0.25, -0.2) is 0 Å². The molecule has 4 N–H and O–H groups in total. The molecule has 0 aromatic carbocycles. The summed E-state index contributed by atoms with van der Waals surface area (Å²) in [5.41, 5.74) is 5.62. The standard InChI is InChI=1S/C9H20N4/c1-7(2)5-8-3-4-13(6-8)9(10)12-11/h7-8H,3-6,11H2,1-2H3,(H2,10,12). The Morgan fingerprint density at radius 3 is 2.85 bits per heavy atom. The highest BCUT2D eigenvalue weighted by molar-refractivity contribution is 5.77. The third kappa shape index (κ3) is 2.79. The average molecular weight is 184 g/mol. The summed E-state index contributed by atoms with van der Waals surface area (Å²) in [5.74, 6) is 7.13. The normalized spacial score (nSPS) is 24.4. The summed E-state index contributed by atoms with van der Waals surface area (Å²) in [6, 6.07) is 0. The molecule has 1 atom stereocenters. The van der Waals surface area contributed by atoms with Crippen LogP contribution in [-0.4, -0.2) is 23.9 Å². The van der Waals surface area contributed by atoms with Crippen molar-refractivity contribution in [2.24, 2.45) is 28.5 Å². The molecule has 1 rings (SSSR count). The summed E-state index contributed by atoms with van der Waals surface area (Å²) in [6.07, 6.45) is 2.49. The monoisotopic (exact) mass is 184 g/mol. The molecule has 0 spiro atoms. The van der Waals surface area contributed by atoms with E-state index in [0.717, 1.165) is 24.9 Å². The molecule has 0 aromatic heterocycles. The van der Waals surface area contributed by atoms with Crippen LogP contribution >= 0.6 is 0 Å². The maximum absolute atomic E-state index is 5.62. The first-order chi connectivity index (χ1) is 6.13. The van der Waals surface area contributed by atoms with Gasteiger partial charge in [-0.2, -0.15) is 0 Å². The first-order valence-electron chi connectivity index (χ1n) is 4.91. The summed E-state index contributed by atoms with van der Waals surface area (Å²) in [7, 11) is 0. The number of hydrogen-bond acceptors (Lipinski definition) is 2. The molecule has 1 fully saturated rings. The lowest BCUT2D eigenvalue weighted by atomic mass is 9.97. The molecule has 0 radical (unpaired) electrons. The van der Waals surface area contributed by atoms with Gasteiger partial charge in [-0.1, -0.05) is 13.8 Å². The van der Waals surface area contributed by atoms with E-state index in [9.17, 15) is 0 Å². The SMILES string of the molecule is CC(C)CC1CCN(/C(N)=N/N)C1. The van der Waals surface area contributed by atoms with Gasteiger partial charge in [0.1, 0.15) is 0 Å². The molecular formula is C9H20N4. The highest BCUT2D eigenvalue weighted by atomic mass is 15.3. The fourth-order valence-electron chi connectivity index (χ4n) is 1.98. The Morgan fingerprint density at radius 1 is 1.62 bits per heavy atom. The molecule has 1 aliphatic rings. The summed E-state index contributed by atoms with van der Waals surface area (Å²) in [6.45, 7) is 6.53.